The van der Waals surface area contributed by atoms with Gasteiger partial charge in [0.1, 0.15) is 5.82 Å². The van der Waals surface area contributed by atoms with E-state index in [1.807, 2.05) is 25.1 Å². The van der Waals surface area contributed by atoms with Crippen molar-refractivity contribution < 1.29 is 4.74 Å². The van der Waals surface area contributed by atoms with Gasteiger partial charge in [-0.1, -0.05) is 17.7 Å². The van der Waals surface area contributed by atoms with E-state index in [1.54, 1.807) is 0 Å². The van der Waals surface area contributed by atoms with Crippen LogP contribution in [0.1, 0.15) is 19.8 Å². The van der Waals surface area contributed by atoms with Crippen molar-refractivity contribution in [3.63, 3.8) is 0 Å². The molecular formula is C14H21N3O. The quantitative estimate of drug-likeness (QED) is 0.757. The van der Waals surface area contributed by atoms with Crippen LogP contribution in [0, 0.1) is 0 Å². The average molecular weight is 247 g/mol. The Morgan fingerprint density at radius 3 is 3.17 bits per heavy atom. The monoisotopic (exact) mass is 247 g/mol. The van der Waals surface area contributed by atoms with Crippen molar-refractivity contribution in [3.8, 4) is 5.88 Å². The molecule has 18 heavy (non-hydrogen) atoms. The van der Waals surface area contributed by atoms with Crippen molar-refractivity contribution in [2.75, 3.05) is 31.6 Å². The Morgan fingerprint density at radius 2 is 2.39 bits per heavy atom. The first-order valence-electron chi connectivity index (χ1n) is 6.61. The van der Waals surface area contributed by atoms with Gasteiger partial charge in [0, 0.05) is 19.2 Å². The molecule has 1 aromatic heterocycles. The lowest BCUT2D eigenvalue weighted by Crippen LogP contribution is -2.21. The summed E-state index contributed by atoms with van der Waals surface area (Å²) >= 11 is 0. The van der Waals surface area contributed by atoms with Crippen molar-refractivity contribution in [3.05, 3.63) is 29.8 Å². The lowest BCUT2D eigenvalue weighted by molar-refractivity contribution is 0.327. The van der Waals surface area contributed by atoms with Gasteiger partial charge in [-0.3, -0.25) is 0 Å². The molecule has 0 bridgehead atoms. The van der Waals surface area contributed by atoms with Gasteiger partial charge in [-0.15, -0.1) is 0 Å². The Balaban J connectivity index is 1.78. The number of hydrogen-bond donors (Lipinski definition) is 2. The summed E-state index contributed by atoms with van der Waals surface area (Å²) in [6, 6.07) is 5.81. The van der Waals surface area contributed by atoms with E-state index in [9.17, 15) is 0 Å². The van der Waals surface area contributed by atoms with Gasteiger partial charge >= 0.3 is 0 Å². The fourth-order valence-corrected chi connectivity index (χ4v) is 1.99. The topological polar surface area (TPSA) is 46.2 Å². The van der Waals surface area contributed by atoms with Crippen LogP contribution >= 0.6 is 0 Å². The van der Waals surface area contributed by atoms with E-state index in [0.717, 1.165) is 38.3 Å². The van der Waals surface area contributed by atoms with E-state index in [-0.39, 0.29) is 0 Å². The van der Waals surface area contributed by atoms with Crippen molar-refractivity contribution in [1.29, 1.82) is 0 Å². The first kappa shape index (κ1) is 12.9. The summed E-state index contributed by atoms with van der Waals surface area (Å²) < 4.78 is 5.37. The Hall–Kier alpha value is -1.55. The molecule has 1 aliphatic heterocycles. The second-order valence-corrected chi connectivity index (χ2v) is 4.29. The van der Waals surface area contributed by atoms with Crippen LogP contribution in [0.3, 0.4) is 0 Å². The van der Waals surface area contributed by atoms with E-state index in [1.165, 1.54) is 5.57 Å². The Morgan fingerprint density at radius 1 is 1.44 bits per heavy atom. The zero-order chi connectivity index (χ0) is 12.6. The molecule has 0 radical (unpaired) electrons. The summed E-state index contributed by atoms with van der Waals surface area (Å²) in [7, 11) is 0. The number of nitrogens with one attached hydrogen (secondary N) is 2. The lowest BCUT2D eigenvalue weighted by atomic mass is 10.1. The highest BCUT2D eigenvalue weighted by Crippen LogP contribution is 2.13. The second kappa shape index (κ2) is 7.01. The van der Waals surface area contributed by atoms with Gasteiger partial charge in [0.25, 0.3) is 0 Å². The summed E-state index contributed by atoms with van der Waals surface area (Å²) in [5, 5.41) is 6.66. The standard InChI is InChI=1S/C14H21N3O/c1-2-18-14-5-3-4-13(17-14)16-11-8-12-6-9-15-10-7-12/h3-6,15H,2,7-11H2,1H3,(H,16,17). The molecule has 2 heterocycles. The number of aromatic nitrogens is 1. The highest BCUT2D eigenvalue weighted by Gasteiger charge is 2.03. The van der Waals surface area contributed by atoms with E-state index >= 15 is 0 Å². The molecule has 0 atom stereocenters. The first-order valence-corrected chi connectivity index (χ1v) is 6.61. The predicted molar refractivity (Wildman–Crippen MR) is 74.1 cm³/mol. The number of pyridine rings is 1. The van der Waals surface area contributed by atoms with Crippen LogP contribution in [-0.4, -0.2) is 31.2 Å². The maximum Gasteiger partial charge on any atom is 0.215 e. The maximum absolute atomic E-state index is 5.37. The molecular weight excluding hydrogens is 226 g/mol. The molecule has 0 unspecified atom stereocenters. The molecule has 2 rings (SSSR count). The van der Waals surface area contributed by atoms with Crippen molar-refractivity contribution in [2.45, 2.75) is 19.8 Å². The van der Waals surface area contributed by atoms with Gasteiger partial charge < -0.3 is 15.4 Å². The largest absolute Gasteiger partial charge is 0.478 e. The van der Waals surface area contributed by atoms with Gasteiger partial charge in [0.15, 0.2) is 0 Å². The first-order chi connectivity index (χ1) is 8.88. The lowest BCUT2D eigenvalue weighted by Gasteiger charge is -2.14. The van der Waals surface area contributed by atoms with Gasteiger partial charge in [-0.25, -0.2) is 0 Å². The van der Waals surface area contributed by atoms with Crippen LogP contribution in [0.4, 0.5) is 5.82 Å². The van der Waals surface area contributed by atoms with E-state index in [0.29, 0.717) is 12.5 Å². The third-order valence-electron chi connectivity index (χ3n) is 2.93. The van der Waals surface area contributed by atoms with Crippen LogP contribution in [-0.2, 0) is 0 Å². The van der Waals surface area contributed by atoms with Crippen LogP contribution in [0.15, 0.2) is 29.8 Å². The molecule has 4 nitrogen and oxygen atoms in total. The zero-order valence-electron chi connectivity index (χ0n) is 10.9. The minimum absolute atomic E-state index is 0.649. The van der Waals surface area contributed by atoms with Gasteiger partial charge in [-0.2, -0.15) is 4.98 Å². The van der Waals surface area contributed by atoms with Crippen LogP contribution < -0.4 is 15.4 Å². The van der Waals surface area contributed by atoms with E-state index < -0.39 is 0 Å². The SMILES string of the molecule is CCOc1cccc(NCCC2=CCNCC2)n1. The van der Waals surface area contributed by atoms with Gasteiger partial charge in [-0.05, 0) is 32.4 Å². The van der Waals surface area contributed by atoms with Crippen molar-refractivity contribution >= 4 is 5.82 Å². The molecule has 98 valence electrons. The van der Waals surface area contributed by atoms with Crippen LogP contribution in [0.2, 0.25) is 0 Å². The Kier molecular flexibility index (Phi) is 5.02. The number of nitrogens with zero attached hydrogens (tertiary/aromatic N) is 1. The van der Waals surface area contributed by atoms with Gasteiger partial charge in [0.2, 0.25) is 5.88 Å². The normalized spacial score (nSPS) is 15.1. The minimum atomic E-state index is 0.649. The Labute approximate surface area is 108 Å². The summed E-state index contributed by atoms with van der Waals surface area (Å²) in [6.45, 7) is 5.65. The highest BCUT2D eigenvalue weighted by atomic mass is 16.5. The molecule has 0 spiro atoms. The number of anilines is 1. The Bertz CT molecular complexity index is 404. The molecule has 0 fully saturated rings. The van der Waals surface area contributed by atoms with Gasteiger partial charge in [0.05, 0.1) is 6.61 Å². The smallest absolute Gasteiger partial charge is 0.215 e. The average Bonchev–Trinajstić information content (AvgIpc) is 2.41. The van der Waals surface area contributed by atoms with Crippen molar-refractivity contribution in [2.24, 2.45) is 0 Å². The fraction of sp³-hybridized carbons (Fsp3) is 0.500. The zero-order valence-corrected chi connectivity index (χ0v) is 10.9. The molecule has 0 aliphatic carbocycles. The molecule has 1 aromatic rings. The molecule has 2 N–H and O–H groups in total. The highest BCUT2D eigenvalue weighted by molar-refractivity contribution is 5.37. The summed E-state index contributed by atoms with van der Waals surface area (Å²) in [5.74, 6) is 1.57. The molecule has 0 aromatic carbocycles. The van der Waals surface area contributed by atoms with E-state index in [4.69, 9.17) is 4.74 Å². The third-order valence-corrected chi connectivity index (χ3v) is 2.93. The summed E-state index contributed by atoms with van der Waals surface area (Å²) in [4.78, 5) is 4.38. The van der Waals surface area contributed by atoms with Crippen molar-refractivity contribution in [1.82, 2.24) is 10.3 Å². The molecule has 4 heteroatoms. The molecule has 0 amide bonds. The maximum atomic E-state index is 5.37. The predicted octanol–water partition coefficient (Wildman–Crippen LogP) is 2.20. The van der Waals surface area contributed by atoms with E-state index in [2.05, 4.69) is 21.7 Å². The summed E-state index contributed by atoms with van der Waals surface area (Å²) in [5.41, 5.74) is 1.53. The summed E-state index contributed by atoms with van der Waals surface area (Å²) in [6.07, 6.45) is 4.53. The number of hydrogen-bond acceptors (Lipinski definition) is 4. The number of ether oxygens (including phenoxy) is 1. The molecule has 0 saturated carbocycles. The minimum Gasteiger partial charge on any atom is -0.478 e. The molecule has 1 aliphatic rings. The second-order valence-electron chi connectivity index (χ2n) is 4.29. The third kappa shape index (κ3) is 4.04. The molecule has 0 saturated heterocycles. The number of rotatable bonds is 6. The van der Waals surface area contributed by atoms with Crippen LogP contribution in [0.25, 0.3) is 0 Å². The fourth-order valence-electron chi connectivity index (χ4n) is 1.99. The van der Waals surface area contributed by atoms with Crippen LogP contribution in [0.5, 0.6) is 5.88 Å².